The molecule has 8 heteroatoms. The first-order valence-corrected chi connectivity index (χ1v) is 11.8. The number of hydrogen-bond donors (Lipinski definition) is 2. The van der Waals surface area contributed by atoms with E-state index in [0.29, 0.717) is 19.7 Å². The van der Waals surface area contributed by atoms with Crippen molar-refractivity contribution in [3.8, 4) is 0 Å². The Bertz CT molecular complexity index is 1180. The van der Waals surface area contributed by atoms with E-state index in [0.717, 1.165) is 77.4 Å². The first-order chi connectivity index (χ1) is 16.1. The van der Waals surface area contributed by atoms with Crippen LogP contribution < -0.4 is 10.6 Å². The zero-order chi connectivity index (χ0) is 22.9. The van der Waals surface area contributed by atoms with Gasteiger partial charge in [0.25, 0.3) is 5.91 Å². The molecule has 2 aliphatic rings. The summed E-state index contributed by atoms with van der Waals surface area (Å²) in [6.45, 7) is 5.51. The van der Waals surface area contributed by atoms with Gasteiger partial charge in [-0.3, -0.25) is 4.79 Å². The summed E-state index contributed by atoms with van der Waals surface area (Å²) in [4.78, 5) is 25.5. The smallest absolute Gasteiger partial charge is 0.256 e. The van der Waals surface area contributed by atoms with E-state index in [1.807, 2.05) is 37.1 Å². The molecule has 2 aliphatic heterocycles. The highest BCUT2D eigenvalue weighted by Gasteiger charge is 2.30. The van der Waals surface area contributed by atoms with Gasteiger partial charge in [-0.15, -0.1) is 0 Å². The SMILES string of the molecule is CNc1nc(C2CCCN2)nc2c1CCN(C(=O)c1c(C)n(CCOC)c3ccccc13)C2. The molecule has 2 aromatic heterocycles. The number of methoxy groups -OCH3 is 1. The topological polar surface area (TPSA) is 84.3 Å². The van der Waals surface area contributed by atoms with Crippen molar-refractivity contribution in [3.63, 3.8) is 0 Å². The first-order valence-electron chi connectivity index (χ1n) is 11.8. The van der Waals surface area contributed by atoms with Crippen LogP contribution >= 0.6 is 0 Å². The highest BCUT2D eigenvalue weighted by atomic mass is 16.5. The Hall–Kier alpha value is -2.97. The van der Waals surface area contributed by atoms with E-state index in [-0.39, 0.29) is 11.9 Å². The van der Waals surface area contributed by atoms with Crippen molar-refractivity contribution in [1.29, 1.82) is 0 Å². The van der Waals surface area contributed by atoms with E-state index in [1.165, 1.54) is 0 Å². The quantitative estimate of drug-likeness (QED) is 0.603. The van der Waals surface area contributed by atoms with E-state index in [4.69, 9.17) is 14.7 Å². The number of amides is 1. The molecule has 4 heterocycles. The fraction of sp³-hybridized carbons (Fsp3) is 0.480. The second kappa shape index (κ2) is 9.11. The molecule has 1 unspecified atom stereocenters. The molecular weight excluding hydrogens is 416 g/mol. The van der Waals surface area contributed by atoms with Crippen LogP contribution in [0.4, 0.5) is 5.82 Å². The number of nitrogens with zero attached hydrogens (tertiary/aromatic N) is 4. The van der Waals surface area contributed by atoms with Crippen molar-refractivity contribution < 1.29 is 9.53 Å². The monoisotopic (exact) mass is 448 g/mol. The Morgan fingerprint density at radius 3 is 2.91 bits per heavy atom. The summed E-state index contributed by atoms with van der Waals surface area (Å²) in [6, 6.07) is 8.33. The molecule has 0 saturated carbocycles. The minimum Gasteiger partial charge on any atom is -0.383 e. The first kappa shape index (κ1) is 21.9. The van der Waals surface area contributed by atoms with Crippen molar-refractivity contribution >= 4 is 22.6 Å². The predicted octanol–water partition coefficient (Wildman–Crippen LogP) is 3.05. The maximum atomic E-state index is 13.8. The molecule has 33 heavy (non-hydrogen) atoms. The molecule has 8 nitrogen and oxygen atoms in total. The average Bonchev–Trinajstić information content (AvgIpc) is 3.47. The highest BCUT2D eigenvalue weighted by Crippen LogP contribution is 2.31. The molecule has 3 aromatic rings. The fourth-order valence-corrected chi connectivity index (χ4v) is 5.22. The molecule has 1 fully saturated rings. The van der Waals surface area contributed by atoms with E-state index in [1.54, 1.807) is 7.11 Å². The van der Waals surface area contributed by atoms with Gasteiger partial charge in [0, 0.05) is 49.4 Å². The lowest BCUT2D eigenvalue weighted by atomic mass is 10.0. The van der Waals surface area contributed by atoms with Crippen molar-refractivity contribution in [3.05, 3.63) is 52.6 Å². The minimum atomic E-state index is 0.0654. The van der Waals surface area contributed by atoms with Crippen LogP contribution in [0.25, 0.3) is 10.9 Å². The van der Waals surface area contributed by atoms with Crippen LogP contribution in [-0.4, -0.2) is 59.2 Å². The van der Waals surface area contributed by atoms with Gasteiger partial charge in [-0.1, -0.05) is 18.2 Å². The van der Waals surface area contributed by atoms with Crippen molar-refractivity contribution in [2.45, 2.75) is 45.3 Å². The largest absolute Gasteiger partial charge is 0.383 e. The second-order valence-electron chi connectivity index (χ2n) is 8.85. The van der Waals surface area contributed by atoms with Gasteiger partial charge in [0.2, 0.25) is 0 Å². The third kappa shape index (κ3) is 3.87. The minimum absolute atomic E-state index is 0.0654. The van der Waals surface area contributed by atoms with Crippen LogP contribution in [0, 0.1) is 6.92 Å². The number of para-hydroxylation sites is 1. The van der Waals surface area contributed by atoms with Crippen LogP contribution in [0.2, 0.25) is 0 Å². The van der Waals surface area contributed by atoms with Gasteiger partial charge < -0.3 is 24.8 Å². The fourth-order valence-electron chi connectivity index (χ4n) is 5.22. The Morgan fingerprint density at radius 2 is 2.15 bits per heavy atom. The Morgan fingerprint density at radius 1 is 1.30 bits per heavy atom. The van der Waals surface area contributed by atoms with E-state index in [2.05, 4.69) is 21.3 Å². The zero-order valence-electron chi connectivity index (χ0n) is 19.6. The average molecular weight is 449 g/mol. The Balaban J connectivity index is 1.49. The highest BCUT2D eigenvalue weighted by molar-refractivity contribution is 6.08. The van der Waals surface area contributed by atoms with Crippen molar-refractivity contribution in [2.24, 2.45) is 0 Å². The molecule has 0 aliphatic carbocycles. The lowest BCUT2D eigenvalue weighted by Gasteiger charge is -2.30. The molecule has 1 saturated heterocycles. The van der Waals surface area contributed by atoms with Crippen molar-refractivity contribution in [1.82, 2.24) is 24.8 Å². The second-order valence-corrected chi connectivity index (χ2v) is 8.85. The van der Waals surface area contributed by atoms with Crippen molar-refractivity contribution in [2.75, 3.05) is 39.2 Å². The standard InChI is InChI=1S/C25H32N6O2/c1-16-22(18-7-4-5-9-21(18)31(16)13-14-33-3)25(32)30-12-10-17-20(15-30)28-24(29-23(17)26-2)19-8-6-11-27-19/h4-5,7,9,19,27H,6,8,10-15H2,1-3H3,(H,26,28,29). The summed E-state index contributed by atoms with van der Waals surface area (Å²) < 4.78 is 7.50. The van der Waals surface area contributed by atoms with Crippen LogP contribution in [0.1, 0.15) is 52.0 Å². The molecule has 1 amide bonds. The Kier molecular flexibility index (Phi) is 6.03. The van der Waals surface area contributed by atoms with E-state index >= 15 is 0 Å². The summed E-state index contributed by atoms with van der Waals surface area (Å²) in [6.07, 6.45) is 2.93. The zero-order valence-corrected chi connectivity index (χ0v) is 19.6. The molecule has 0 spiro atoms. The summed E-state index contributed by atoms with van der Waals surface area (Å²) in [7, 11) is 3.61. The Labute approximate surface area is 194 Å². The van der Waals surface area contributed by atoms with Gasteiger partial charge in [0.1, 0.15) is 11.6 Å². The molecule has 0 bridgehead atoms. The number of anilines is 1. The van der Waals surface area contributed by atoms with Crippen LogP contribution in [0.15, 0.2) is 24.3 Å². The normalized spacial score (nSPS) is 18.0. The molecule has 0 radical (unpaired) electrons. The van der Waals surface area contributed by atoms with Gasteiger partial charge in [0.15, 0.2) is 0 Å². The maximum Gasteiger partial charge on any atom is 0.256 e. The lowest BCUT2D eigenvalue weighted by molar-refractivity contribution is 0.0732. The summed E-state index contributed by atoms with van der Waals surface area (Å²) in [5.74, 6) is 1.79. The number of fused-ring (bicyclic) bond motifs is 2. The van der Waals surface area contributed by atoms with Gasteiger partial charge in [-0.2, -0.15) is 0 Å². The molecular formula is C25H32N6O2. The molecule has 1 atom stereocenters. The molecule has 2 N–H and O–H groups in total. The number of hydrogen-bond acceptors (Lipinski definition) is 6. The number of carbonyl (C=O) groups is 1. The van der Waals surface area contributed by atoms with E-state index in [9.17, 15) is 4.79 Å². The molecule has 5 rings (SSSR count). The molecule has 174 valence electrons. The summed E-state index contributed by atoms with van der Waals surface area (Å²) >= 11 is 0. The number of rotatable bonds is 6. The van der Waals surface area contributed by atoms with Gasteiger partial charge in [-0.05, 0) is 38.8 Å². The predicted molar refractivity (Wildman–Crippen MR) is 129 cm³/mol. The van der Waals surface area contributed by atoms with Gasteiger partial charge in [-0.25, -0.2) is 9.97 Å². The van der Waals surface area contributed by atoms with Gasteiger partial charge in [0.05, 0.1) is 30.5 Å². The molecule has 1 aromatic carbocycles. The van der Waals surface area contributed by atoms with Crippen LogP contribution in [0.3, 0.4) is 0 Å². The maximum absolute atomic E-state index is 13.8. The summed E-state index contributed by atoms with van der Waals surface area (Å²) in [5.41, 5.74) is 4.92. The number of nitrogens with one attached hydrogen (secondary N) is 2. The number of carbonyl (C=O) groups excluding carboxylic acids is 1. The third-order valence-corrected chi connectivity index (χ3v) is 6.94. The lowest BCUT2D eigenvalue weighted by Crippen LogP contribution is -2.37. The van der Waals surface area contributed by atoms with E-state index < -0.39 is 0 Å². The van der Waals surface area contributed by atoms with Crippen LogP contribution in [0.5, 0.6) is 0 Å². The summed E-state index contributed by atoms with van der Waals surface area (Å²) in [5, 5.41) is 7.74. The van der Waals surface area contributed by atoms with Gasteiger partial charge >= 0.3 is 0 Å². The number of aromatic nitrogens is 3. The third-order valence-electron chi connectivity index (χ3n) is 6.94. The van der Waals surface area contributed by atoms with Crippen LogP contribution in [-0.2, 0) is 24.2 Å². The number of ether oxygens (including phenoxy) is 1. The number of benzene rings is 1.